The Hall–Kier alpha value is -1.40. The Labute approximate surface area is 151 Å². The molecule has 1 aromatic rings. The molecule has 2 fully saturated rings. The highest BCUT2D eigenvalue weighted by molar-refractivity contribution is 5.92. The first kappa shape index (κ1) is 18.4. The minimum Gasteiger partial charge on any atom is -0.322 e. The maximum Gasteiger partial charge on any atom is 0.238 e. The molecule has 0 saturated carbocycles. The molecule has 1 aromatic heterocycles. The molecule has 0 aliphatic carbocycles. The van der Waals surface area contributed by atoms with Gasteiger partial charge in [-0.15, -0.1) is 0 Å². The van der Waals surface area contributed by atoms with E-state index in [1.54, 1.807) is 10.9 Å². The zero-order chi connectivity index (χ0) is 17.6. The SMILES string of the molecule is Cc1c(NC(=O)CN2CCCCC2CN2CCCCCC2)cnn1C. The molecule has 0 spiro atoms. The fraction of sp³-hybridized carbons (Fsp3) is 0.789. The van der Waals surface area contributed by atoms with Crippen molar-refractivity contribution < 1.29 is 4.79 Å². The second kappa shape index (κ2) is 8.81. The standard InChI is InChI=1S/C19H33N5O/c1-16-18(13-20-22(16)2)21-19(25)15-24-12-8-5-9-17(24)14-23-10-6-3-4-7-11-23/h13,17H,3-12,14-15H2,1-2H3,(H,21,25). The lowest BCUT2D eigenvalue weighted by Crippen LogP contribution is -2.49. The van der Waals surface area contributed by atoms with Crippen LogP contribution in [0.15, 0.2) is 6.20 Å². The van der Waals surface area contributed by atoms with Gasteiger partial charge in [-0.05, 0) is 52.2 Å². The predicted octanol–water partition coefficient (Wildman–Crippen LogP) is 2.40. The molecule has 3 heterocycles. The highest BCUT2D eigenvalue weighted by Gasteiger charge is 2.26. The first-order valence-electron chi connectivity index (χ1n) is 9.88. The zero-order valence-corrected chi connectivity index (χ0v) is 15.8. The van der Waals surface area contributed by atoms with Crippen LogP contribution < -0.4 is 5.32 Å². The fourth-order valence-electron chi connectivity index (χ4n) is 4.09. The van der Waals surface area contributed by atoms with Gasteiger partial charge >= 0.3 is 0 Å². The average molecular weight is 348 g/mol. The van der Waals surface area contributed by atoms with Crippen LogP contribution in [0, 0.1) is 6.92 Å². The average Bonchev–Trinajstić information content (AvgIpc) is 2.81. The monoisotopic (exact) mass is 347 g/mol. The number of anilines is 1. The van der Waals surface area contributed by atoms with Crippen molar-refractivity contribution in [3.05, 3.63) is 11.9 Å². The van der Waals surface area contributed by atoms with Gasteiger partial charge in [0.1, 0.15) is 0 Å². The van der Waals surface area contributed by atoms with Crippen LogP contribution in [0.3, 0.4) is 0 Å². The summed E-state index contributed by atoms with van der Waals surface area (Å²) in [7, 11) is 1.90. The van der Waals surface area contributed by atoms with E-state index >= 15 is 0 Å². The minimum absolute atomic E-state index is 0.0823. The number of piperidine rings is 1. The molecule has 6 heteroatoms. The Morgan fingerprint density at radius 1 is 1.16 bits per heavy atom. The number of hydrogen-bond acceptors (Lipinski definition) is 4. The molecule has 1 amide bonds. The number of hydrogen-bond donors (Lipinski definition) is 1. The van der Waals surface area contributed by atoms with Crippen molar-refractivity contribution in [2.45, 2.75) is 57.9 Å². The third kappa shape index (κ3) is 5.05. The van der Waals surface area contributed by atoms with Crippen LogP contribution in [-0.4, -0.2) is 64.3 Å². The number of carbonyl (C=O) groups is 1. The number of nitrogens with one attached hydrogen (secondary N) is 1. The second-order valence-electron chi connectivity index (χ2n) is 7.65. The molecule has 1 atom stereocenters. The van der Waals surface area contributed by atoms with Gasteiger partial charge in [-0.25, -0.2) is 0 Å². The predicted molar refractivity (Wildman–Crippen MR) is 101 cm³/mol. The van der Waals surface area contributed by atoms with Gasteiger partial charge in [-0.2, -0.15) is 5.10 Å². The number of likely N-dealkylation sites (tertiary alicyclic amines) is 2. The van der Waals surface area contributed by atoms with Gasteiger partial charge in [0.05, 0.1) is 24.1 Å². The third-order valence-electron chi connectivity index (χ3n) is 5.77. The van der Waals surface area contributed by atoms with Gasteiger partial charge in [-0.1, -0.05) is 19.3 Å². The molecule has 1 unspecified atom stereocenters. The van der Waals surface area contributed by atoms with Crippen LogP contribution in [-0.2, 0) is 11.8 Å². The maximum absolute atomic E-state index is 12.5. The van der Waals surface area contributed by atoms with Crippen molar-refractivity contribution in [2.24, 2.45) is 7.05 Å². The fourth-order valence-corrected chi connectivity index (χ4v) is 4.09. The first-order chi connectivity index (χ1) is 12.1. The Kier molecular flexibility index (Phi) is 6.48. The largest absolute Gasteiger partial charge is 0.322 e. The molecule has 0 aromatic carbocycles. The highest BCUT2D eigenvalue weighted by Crippen LogP contribution is 2.20. The summed E-state index contributed by atoms with van der Waals surface area (Å²) in [5.41, 5.74) is 1.82. The molecule has 2 saturated heterocycles. The summed E-state index contributed by atoms with van der Waals surface area (Å²) in [6.07, 6.45) is 10.8. The maximum atomic E-state index is 12.5. The van der Waals surface area contributed by atoms with Gasteiger partial charge in [-0.3, -0.25) is 14.4 Å². The Bertz CT molecular complexity index is 562. The van der Waals surface area contributed by atoms with Crippen LogP contribution in [0.2, 0.25) is 0 Å². The smallest absolute Gasteiger partial charge is 0.238 e. The molecule has 6 nitrogen and oxygen atoms in total. The molecule has 140 valence electrons. The molecule has 25 heavy (non-hydrogen) atoms. The third-order valence-corrected chi connectivity index (χ3v) is 5.77. The number of nitrogens with zero attached hydrogens (tertiary/aromatic N) is 4. The van der Waals surface area contributed by atoms with E-state index < -0.39 is 0 Å². The van der Waals surface area contributed by atoms with Crippen molar-refractivity contribution in [1.29, 1.82) is 0 Å². The summed E-state index contributed by atoms with van der Waals surface area (Å²) in [5, 5.41) is 7.23. The van der Waals surface area contributed by atoms with E-state index in [2.05, 4.69) is 20.2 Å². The Morgan fingerprint density at radius 3 is 2.56 bits per heavy atom. The molecule has 3 rings (SSSR count). The molecule has 2 aliphatic heterocycles. The van der Waals surface area contributed by atoms with Gasteiger partial charge in [0, 0.05) is 19.6 Å². The van der Waals surface area contributed by atoms with E-state index in [0.29, 0.717) is 12.6 Å². The van der Waals surface area contributed by atoms with E-state index in [0.717, 1.165) is 24.5 Å². The van der Waals surface area contributed by atoms with E-state index in [1.165, 1.54) is 58.0 Å². The molecular weight excluding hydrogens is 314 g/mol. The first-order valence-corrected chi connectivity index (χ1v) is 9.88. The summed E-state index contributed by atoms with van der Waals surface area (Å²) >= 11 is 0. The van der Waals surface area contributed by atoms with Gasteiger partial charge < -0.3 is 10.2 Å². The van der Waals surface area contributed by atoms with Crippen molar-refractivity contribution >= 4 is 11.6 Å². The summed E-state index contributed by atoms with van der Waals surface area (Å²) in [6.45, 7) is 7.09. The van der Waals surface area contributed by atoms with E-state index in [4.69, 9.17) is 0 Å². The zero-order valence-electron chi connectivity index (χ0n) is 15.8. The summed E-state index contributed by atoms with van der Waals surface area (Å²) in [5.74, 6) is 0.0823. The number of aromatic nitrogens is 2. The van der Waals surface area contributed by atoms with Crippen LogP contribution in [0.4, 0.5) is 5.69 Å². The van der Waals surface area contributed by atoms with E-state index in [-0.39, 0.29) is 5.91 Å². The van der Waals surface area contributed by atoms with Gasteiger partial charge in [0.2, 0.25) is 5.91 Å². The number of rotatable bonds is 5. The minimum atomic E-state index is 0.0823. The normalized spacial score (nSPS) is 23.4. The summed E-state index contributed by atoms with van der Waals surface area (Å²) in [6, 6.07) is 0.521. The van der Waals surface area contributed by atoms with E-state index in [1.807, 2.05) is 14.0 Å². The van der Waals surface area contributed by atoms with Gasteiger partial charge in [0.25, 0.3) is 0 Å². The lowest BCUT2D eigenvalue weighted by molar-refractivity contribution is -0.118. The summed E-state index contributed by atoms with van der Waals surface area (Å²) in [4.78, 5) is 17.6. The van der Waals surface area contributed by atoms with Crippen molar-refractivity contribution in [1.82, 2.24) is 19.6 Å². The van der Waals surface area contributed by atoms with Crippen LogP contribution in [0.1, 0.15) is 50.6 Å². The molecule has 0 bridgehead atoms. The van der Waals surface area contributed by atoms with Crippen molar-refractivity contribution in [3.8, 4) is 0 Å². The molecule has 0 radical (unpaired) electrons. The molecule has 2 aliphatic rings. The van der Waals surface area contributed by atoms with Crippen LogP contribution in [0.5, 0.6) is 0 Å². The number of carbonyl (C=O) groups excluding carboxylic acids is 1. The topological polar surface area (TPSA) is 53.4 Å². The Balaban J connectivity index is 1.54. The van der Waals surface area contributed by atoms with E-state index in [9.17, 15) is 4.79 Å². The molecule has 1 N–H and O–H groups in total. The Morgan fingerprint density at radius 2 is 1.88 bits per heavy atom. The second-order valence-corrected chi connectivity index (χ2v) is 7.65. The van der Waals surface area contributed by atoms with Crippen molar-refractivity contribution in [2.75, 3.05) is 38.0 Å². The number of amides is 1. The van der Waals surface area contributed by atoms with Crippen LogP contribution >= 0.6 is 0 Å². The highest BCUT2D eigenvalue weighted by atomic mass is 16.2. The summed E-state index contributed by atoms with van der Waals surface area (Å²) < 4.78 is 1.79. The lowest BCUT2D eigenvalue weighted by atomic mass is 10.0. The number of aryl methyl sites for hydroxylation is 1. The quantitative estimate of drug-likeness (QED) is 0.889. The van der Waals surface area contributed by atoms with Gasteiger partial charge in [0.15, 0.2) is 0 Å². The van der Waals surface area contributed by atoms with Crippen LogP contribution in [0.25, 0.3) is 0 Å². The lowest BCUT2D eigenvalue weighted by Gasteiger charge is -2.38. The molecular formula is C19H33N5O. The van der Waals surface area contributed by atoms with Crippen molar-refractivity contribution in [3.63, 3.8) is 0 Å².